The maximum Gasteiger partial charge on any atom is 0.328 e. The first-order valence-electron chi connectivity index (χ1n) is 9.76. The molecule has 7 atom stereocenters. The number of carboxylic acid groups (broad SMARTS) is 1. The number of carbonyl (C=O) groups excluding carboxylic acids is 3. The van der Waals surface area contributed by atoms with Crippen LogP contribution in [-0.4, -0.2) is 96.6 Å². The monoisotopic (exact) mass is 458 g/mol. The topological polar surface area (TPSA) is 240 Å². The molecule has 0 fully saturated rings. The van der Waals surface area contributed by atoms with E-state index in [0.717, 1.165) is 6.92 Å². The van der Waals surface area contributed by atoms with Crippen molar-refractivity contribution in [1.29, 1.82) is 0 Å². The number of carboxylic acids is 1. The molecule has 0 aliphatic rings. The van der Waals surface area contributed by atoms with E-state index in [4.69, 9.17) is 10.8 Å². The molecule has 0 aliphatic carbocycles. The second kappa shape index (κ2) is 12.1. The average molecular weight is 458 g/mol. The molecule has 1 aromatic rings. The lowest BCUT2D eigenvalue weighted by Gasteiger charge is -2.27. The number of hydrogen-bond acceptors (Lipinski definition) is 9. The molecule has 3 amide bonds. The predicted molar refractivity (Wildman–Crippen MR) is 109 cm³/mol. The third-order valence-corrected chi connectivity index (χ3v) is 4.54. The Bertz CT molecular complexity index is 782. The molecule has 1 rings (SSSR count). The van der Waals surface area contributed by atoms with Crippen LogP contribution in [0.4, 0.5) is 0 Å². The number of nitrogens with one attached hydrogen (secondary N) is 4. The van der Waals surface area contributed by atoms with Crippen LogP contribution in [0.3, 0.4) is 0 Å². The van der Waals surface area contributed by atoms with Crippen LogP contribution in [0.2, 0.25) is 0 Å². The number of nitrogens with two attached hydrogens (primary N) is 1. The van der Waals surface area contributed by atoms with Crippen molar-refractivity contribution in [2.45, 2.75) is 69.7 Å². The number of aliphatic hydroxyl groups excluding tert-OH is 3. The number of rotatable bonds is 12. The zero-order chi connectivity index (χ0) is 24.6. The molecule has 0 radical (unpaired) electrons. The van der Waals surface area contributed by atoms with Crippen molar-refractivity contribution in [2.75, 3.05) is 0 Å². The van der Waals surface area contributed by atoms with Crippen LogP contribution in [0.1, 0.15) is 26.5 Å². The van der Waals surface area contributed by atoms with Gasteiger partial charge in [-0.15, -0.1) is 0 Å². The summed E-state index contributed by atoms with van der Waals surface area (Å²) in [5.41, 5.74) is 6.05. The number of amides is 3. The third-order valence-electron chi connectivity index (χ3n) is 4.54. The van der Waals surface area contributed by atoms with Crippen LogP contribution in [0.5, 0.6) is 0 Å². The first kappa shape index (κ1) is 27.0. The maximum absolute atomic E-state index is 12.8. The van der Waals surface area contributed by atoms with Crippen molar-refractivity contribution in [3.63, 3.8) is 0 Å². The molecule has 0 bridgehead atoms. The summed E-state index contributed by atoms with van der Waals surface area (Å²) in [5.74, 6) is -4.30. The van der Waals surface area contributed by atoms with Crippen LogP contribution in [0.25, 0.3) is 0 Å². The summed E-state index contributed by atoms with van der Waals surface area (Å²) in [6.07, 6.45) is -1.44. The van der Waals surface area contributed by atoms with Gasteiger partial charge >= 0.3 is 5.97 Å². The number of nitrogens with zero attached hydrogens (tertiary/aromatic N) is 1. The Hall–Kier alpha value is -3.07. The molecule has 0 aromatic carbocycles. The highest BCUT2D eigenvalue weighted by Crippen LogP contribution is 2.04. The molecule has 14 nitrogen and oxygen atoms in total. The lowest BCUT2D eigenvalue weighted by atomic mass is 10.1. The summed E-state index contributed by atoms with van der Waals surface area (Å²) in [6, 6.07) is -5.89. The van der Waals surface area contributed by atoms with Gasteiger partial charge in [0.25, 0.3) is 0 Å². The van der Waals surface area contributed by atoms with Gasteiger partial charge in [-0.2, -0.15) is 0 Å². The summed E-state index contributed by atoms with van der Waals surface area (Å²) in [6.45, 7) is 3.63. The second-order valence-corrected chi connectivity index (χ2v) is 7.40. The number of hydrogen-bond donors (Lipinski definition) is 9. The summed E-state index contributed by atoms with van der Waals surface area (Å²) in [4.78, 5) is 55.4. The summed E-state index contributed by atoms with van der Waals surface area (Å²) in [5, 5.41) is 44.8. The summed E-state index contributed by atoms with van der Waals surface area (Å²) in [7, 11) is 0. The zero-order valence-corrected chi connectivity index (χ0v) is 17.8. The Morgan fingerprint density at radius 1 is 0.938 bits per heavy atom. The van der Waals surface area contributed by atoms with Gasteiger partial charge in [-0.3, -0.25) is 14.4 Å². The maximum atomic E-state index is 12.8. The minimum absolute atomic E-state index is 0.0936. The minimum Gasteiger partial charge on any atom is -0.480 e. The number of aliphatic hydroxyl groups is 3. The Morgan fingerprint density at radius 3 is 1.94 bits per heavy atom. The molecule has 7 unspecified atom stereocenters. The van der Waals surface area contributed by atoms with Gasteiger partial charge in [-0.1, -0.05) is 0 Å². The number of imidazole rings is 1. The van der Waals surface area contributed by atoms with Gasteiger partial charge < -0.3 is 47.1 Å². The Balaban J connectivity index is 3.03. The van der Waals surface area contributed by atoms with Crippen LogP contribution < -0.4 is 21.7 Å². The van der Waals surface area contributed by atoms with Gasteiger partial charge in [0, 0.05) is 18.3 Å². The number of carbonyl (C=O) groups is 4. The van der Waals surface area contributed by atoms with E-state index >= 15 is 0 Å². The number of aromatic amines is 1. The van der Waals surface area contributed by atoms with Crippen LogP contribution >= 0.6 is 0 Å². The molecule has 14 heteroatoms. The van der Waals surface area contributed by atoms with E-state index in [-0.39, 0.29) is 6.42 Å². The highest BCUT2D eigenvalue weighted by molar-refractivity contribution is 5.94. The van der Waals surface area contributed by atoms with E-state index < -0.39 is 66.2 Å². The smallest absolute Gasteiger partial charge is 0.328 e. The number of H-pyrrole nitrogens is 1. The molecule has 0 saturated carbocycles. The molecule has 0 spiro atoms. The van der Waals surface area contributed by atoms with Crippen molar-refractivity contribution in [2.24, 2.45) is 5.73 Å². The highest BCUT2D eigenvalue weighted by atomic mass is 16.4. The minimum atomic E-state index is -1.68. The fourth-order valence-electron chi connectivity index (χ4n) is 2.60. The molecule has 10 N–H and O–H groups in total. The van der Waals surface area contributed by atoms with Crippen molar-refractivity contribution in [1.82, 2.24) is 25.9 Å². The lowest BCUT2D eigenvalue weighted by Crippen LogP contribution is -2.61. The molecule has 0 saturated heterocycles. The second-order valence-electron chi connectivity index (χ2n) is 7.40. The Morgan fingerprint density at radius 2 is 1.50 bits per heavy atom. The van der Waals surface area contributed by atoms with Crippen LogP contribution in [0.15, 0.2) is 12.5 Å². The van der Waals surface area contributed by atoms with Gasteiger partial charge in [0.1, 0.15) is 18.1 Å². The summed E-state index contributed by atoms with van der Waals surface area (Å²) < 4.78 is 0. The first-order valence-corrected chi connectivity index (χ1v) is 9.76. The fraction of sp³-hybridized carbons (Fsp3) is 0.611. The van der Waals surface area contributed by atoms with Crippen molar-refractivity contribution < 1.29 is 39.6 Å². The number of aromatic nitrogens is 2. The van der Waals surface area contributed by atoms with E-state index in [9.17, 15) is 34.5 Å². The van der Waals surface area contributed by atoms with Crippen LogP contribution in [-0.2, 0) is 25.6 Å². The van der Waals surface area contributed by atoms with Gasteiger partial charge in [-0.25, -0.2) is 9.78 Å². The van der Waals surface area contributed by atoms with E-state index in [1.165, 1.54) is 26.4 Å². The Labute approximate surface area is 183 Å². The standard InChI is InChI=1S/C18H30N6O8/c1-7(25)12(19)16(29)22-11(4-10-5-20-6-21-10)15(28)23-13(8(2)26)17(30)24-14(9(3)27)18(31)32/h5-9,11-14,25-27H,4,19H2,1-3H3,(H,20,21)(H,22,29)(H,23,28)(H,24,30)(H,31,32). The zero-order valence-electron chi connectivity index (χ0n) is 17.8. The largest absolute Gasteiger partial charge is 0.480 e. The van der Waals surface area contributed by atoms with E-state index in [1.54, 1.807) is 0 Å². The van der Waals surface area contributed by atoms with Gasteiger partial charge in [0.15, 0.2) is 6.04 Å². The summed E-state index contributed by atoms with van der Waals surface area (Å²) >= 11 is 0. The highest BCUT2D eigenvalue weighted by Gasteiger charge is 2.34. The van der Waals surface area contributed by atoms with Gasteiger partial charge in [0.05, 0.1) is 24.6 Å². The van der Waals surface area contributed by atoms with E-state index in [1.807, 2.05) is 5.32 Å². The molecule has 32 heavy (non-hydrogen) atoms. The van der Waals surface area contributed by atoms with E-state index in [0.29, 0.717) is 5.69 Å². The van der Waals surface area contributed by atoms with Crippen LogP contribution in [0, 0.1) is 0 Å². The molecule has 0 aliphatic heterocycles. The first-order chi connectivity index (χ1) is 14.8. The molecular weight excluding hydrogens is 428 g/mol. The molecule has 180 valence electrons. The quantitative estimate of drug-likeness (QED) is 0.147. The normalized spacial score (nSPS) is 17.7. The lowest BCUT2D eigenvalue weighted by molar-refractivity contribution is -0.146. The molecule has 1 aromatic heterocycles. The third kappa shape index (κ3) is 7.88. The molecular formula is C18H30N6O8. The average Bonchev–Trinajstić information content (AvgIpc) is 3.20. The predicted octanol–water partition coefficient (Wildman–Crippen LogP) is -4.04. The fourth-order valence-corrected chi connectivity index (χ4v) is 2.60. The van der Waals surface area contributed by atoms with Gasteiger partial charge in [0.2, 0.25) is 17.7 Å². The van der Waals surface area contributed by atoms with Crippen molar-refractivity contribution in [3.05, 3.63) is 18.2 Å². The van der Waals surface area contributed by atoms with Gasteiger partial charge in [-0.05, 0) is 20.8 Å². The van der Waals surface area contributed by atoms with E-state index in [2.05, 4.69) is 20.6 Å². The molecule has 1 heterocycles. The van der Waals surface area contributed by atoms with Crippen molar-refractivity contribution >= 4 is 23.7 Å². The Kier molecular flexibility index (Phi) is 10.2. The SMILES string of the molecule is CC(O)C(N)C(=O)NC(Cc1cnc[nH]1)C(=O)NC(C(=O)NC(C(=O)O)C(C)O)C(C)O. The van der Waals surface area contributed by atoms with Crippen molar-refractivity contribution in [3.8, 4) is 0 Å². The number of aliphatic carboxylic acids is 1.